The van der Waals surface area contributed by atoms with Crippen molar-refractivity contribution in [3.63, 3.8) is 0 Å². The van der Waals surface area contributed by atoms with Crippen molar-refractivity contribution in [3.8, 4) is 0 Å². The topological polar surface area (TPSA) is 94.1 Å². The molecule has 1 amide bonds. The Morgan fingerprint density at radius 2 is 2.00 bits per heavy atom. The number of aliphatic hydroxyl groups is 2. The molecule has 8 heteroatoms. The Morgan fingerprint density at radius 3 is 2.72 bits per heavy atom. The minimum absolute atomic E-state index is 0.0241. The molecule has 3 fully saturated rings. The third-order valence-electron chi connectivity index (χ3n) is 8.28. The van der Waals surface area contributed by atoms with Gasteiger partial charge in [-0.2, -0.15) is 0 Å². The van der Waals surface area contributed by atoms with Crippen LogP contribution in [0.3, 0.4) is 0 Å². The van der Waals surface area contributed by atoms with Crippen LogP contribution in [0.2, 0.25) is 0 Å². The van der Waals surface area contributed by atoms with Crippen LogP contribution in [0.25, 0.3) is 0 Å². The van der Waals surface area contributed by atoms with E-state index in [-0.39, 0.29) is 24.8 Å². The number of ether oxygens (including phenoxy) is 1. The van der Waals surface area contributed by atoms with Gasteiger partial charge >= 0.3 is 0 Å². The average Bonchev–Trinajstić information content (AvgIpc) is 2.83. The summed E-state index contributed by atoms with van der Waals surface area (Å²) >= 11 is 0. The van der Waals surface area contributed by atoms with Gasteiger partial charge in [-0.25, -0.2) is 4.39 Å². The van der Waals surface area contributed by atoms with Crippen molar-refractivity contribution in [1.29, 1.82) is 0 Å². The molecule has 3 aliphatic rings. The van der Waals surface area contributed by atoms with E-state index in [0.29, 0.717) is 48.9 Å². The highest BCUT2D eigenvalue weighted by atomic mass is 19.1. The molecule has 1 atom stereocenters. The number of unbranched alkanes of at least 4 members (excludes halogenated alkanes) is 1. The number of nitrogens with zero attached hydrogens (tertiary/aromatic N) is 1. The average molecular weight is 506 g/mol. The molecular weight excluding hydrogens is 461 g/mol. The summed E-state index contributed by atoms with van der Waals surface area (Å²) in [6, 6.07) is 5.12. The first kappa shape index (κ1) is 27.5. The lowest BCUT2D eigenvalue weighted by atomic mass is 9.58. The van der Waals surface area contributed by atoms with Gasteiger partial charge in [0.25, 0.3) is 0 Å². The molecule has 1 aromatic carbocycles. The fourth-order valence-corrected chi connectivity index (χ4v) is 6.02. The van der Waals surface area contributed by atoms with Crippen molar-refractivity contribution in [1.82, 2.24) is 15.5 Å². The van der Waals surface area contributed by atoms with E-state index >= 15 is 0 Å². The minimum atomic E-state index is -0.616. The number of likely N-dealkylation sites (tertiary alicyclic amines) is 1. The fourth-order valence-electron chi connectivity index (χ4n) is 6.02. The predicted molar refractivity (Wildman–Crippen MR) is 137 cm³/mol. The number of halogens is 1. The lowest BCUT2D eigenvalue weighted by Gasteiger charge is -2.50. The quantitative estimate of drug-likeness (QED) is 0.290. The van der Waals surface area contributed by atoms with E-state index < -0.39 is 6.10 Å². The minimum Gasteiger partial charge on any atom is -0.394 e. The molecule has 7 nitrogen and oxygen atoms in total. The monoisotopic (exact) mass is 505 g/mol. The van der Waals surface area contributed by atoms with Gasteiger partial charge < -0.3 is 30.5 Å². The van der Waals surface area contributed by atoms with Crippen molar-refractivity contribution in [2.45, 2.75) is 64.1 Å². The number of aliphatic hydroxyl groups excluding tert-OH is 2. The molecule has 0 unspecified atom stereocenters. The Morgan fingerprint density at radius 1 is 1.22 bits per heavy atom. The number of hydrogen-bond acceptors (Lipinski definition) is 6. The maximum absolute atomic E-state index is 14.6. The first-order valence-electron chi connectivity index (χ1n) is 13.8. The number of piperidine rings is 1. The van der Waals surface area contributed by atoms with Crippen LogP contribution < -0.4 is 10.6 Å². The number of benzene rings is 1. The maximum atomic E-state index is 14.6. The van der Waals surface area contributed by atoms with Crippen molar-refractivity contribution in [2.24, 2.45) is 17.3 Å². The van der Waals surface area contributed by atoms with Gasteiger partial charge in [-0.3, -0.25) is 4.79 Å². The summed E-state index contributed by atoms with van der Waals surface area (Å²) in [5.74, 6) is 0.712. The van der Waals surface area contributed by atoms with Gasteiger partial charge in [0.1, 0.15) is 5.82 Å². The van der Waals surface area contributed by atoms with Crippen LogP contribution >= 0.6 is 0 Å². The molecule has 1 aromatic rings. The molecule has 2 aliphatic heterocycles. The van der Waals surface area contributed by atoms with Crippen molar-refractivity contribution >= 4 is 5.91 Å². The smallest absolute Gasteiger partial charge is 0.227 e. The van der Waals surface area contributed by atoms with Gasteiger partial charge in [0.05, 0.1) is 25.7 Å². The largest absolute Gasteiger partial charge is 0.394 e. The SMILES string of the molecule is O=C(Cc1ccc(COCC2CC3(CCNCC3)C2)cc1F)N1CC(CNCCCC[C@H](O)CO)C1. The van der Waals surface area contributed by atoms with E-state index in [9.17, 15) is 14.3 Å². The second-order valence-corrected chi connectivity index (χ2v) is 11.3. The van der Waals surface area contributed by atoms with E-state index in [1.54, 1.807) is 11.0 Å². The predicted octanol–water partition coefficient (Wildman–Crippen LogP) is 2.24. The van der Waals surface area contributed by atoms with Crippen LogP contribution in [0.5, 0.6) is 0 Å². The van der Waals surface area contributed by atoms with Crippen LogP contribution in [0.1, 0.15) is 56.1 Å². The highest BCUT2D eigenvalue weighted by Crippen LogP contribution is 2.51. The van der Waals surface area contributed by atoms with Crippen LogP contribution in [-0.2, 0) is 22.6 Å². The number of nitrogens with one attached hydrogen (secondary N) is 2. The van der Waals surface area contributed by atoms with Crippen LogP contribution in [0.4, 0.5) is 4.39 Å². The Bertz CT molecular complexity index is 834. The zero-order valence-electron chi connectivity index (χ0n) is 21.5. The van der Waals surface area contributed by atoms with E-state index in [1.807, 2.05) is 6.07 Å². The number of amides is 1. The first-order valence-corrected chi connectivity index (χ1v) is 13.8. The van der Waals surface area contributed by atoms with Gasteiger partial charge in [-0.05, 0) is 93.1 Å². The molecular formula is C28H44FN3O4. The summed E-state index contributed by atoms with van der Waals surface area (Å²) in [5, 5.41) is 25.0. The molecule has 1 saturated carbocycles. The van der Waals surface area contributed by atoms with Crippen molar-refractivity contribution in [2.75, 3.05) is 52.5 Å². The summed E-state index contributed by atoms with van der Waals surface area (Å²) < 4.78 is 20.5. The number of hydrogen-bond donors (Lipinski definition) is 4. The van der Waals surface area contributed by atoms with Crippen LogP contribution in [0, 0.1) is 23.1 Å². The van der Waals surface area contributed by atoms with E-state index in [0.717, 1.165) is 51.2 Å². The second kappa shape index (κ2) is 13.3. The summed E-state index contributed by atoms with van der Waals surface area (Å²) in [6.07, 6.45) is 7.00. The van der Waals surface area contributed by atoms with Gasteiger partial charge in [-0.1, -0.05) is 12.1 Å². The zero-order valence-corrected chi connectivity index (χ0v) is 21.5. The number of carbonyl (C=O) groups excluding carboxylic acids is 1. The standard InChI is InChI=1S/C28H44FN3O4/c29-26-11-21(19-36-20-22-13-28(14-22)6-9-30-10-7-28)4-5-24(26)12-27(35)32-16-23(17-32)15-31-8-2-1-3-25(34)18-33/h4-5,11,22-23,25,30-31,33-34H,1-3,6-10,12-20H2/t25-/m0/s1. The van der Waals surface area contributed by atoms with Crippen LogP contribution in [0.15, 0.2) is 18.2 Å². The molecule has 202 valence electrons. The Kier molecular flexibility index (Phi) is 10.1. The normalized spacial score (nSPS) is 20.8. The molecule has 4 N–H and O–H groups in total. The van der Waals surface area contributed by atoms with Gasteiger partial charge in [0.15, 0.2) is 0 Å². The van der Waals surface area contributed by atoms with Gasteiger partial charge in [-0.15, -0.1) is 0 Å². The lowest BCUT2D eigenvalue weighted by Crippen LogP contribution is -2.53. The Balaban J connectivity index is 1.07. The molecule has 0 radical (unpaired) electrons. The summed E-state index contributed by atoms with van der Waals surface area (Å²) in [6.45, 7) is 6.39. The molecule has 0 bridgehead atoms. The number of carbonyl (C=O) groups is 1. The summed E-state index contributed by atoms with van der Waals surface area (Å²) in [5.41, 5.74) is 1.82. The molecule has 4 rings (SSSR count). The van der Waals surface area contributed by atoms with Crippen molar-refractivity contribution in [3.05, 3.63) is 35.1 Å². The molecule has 0 aromatic heterocycles. The van der Waals surface area contributed by atoms with Crippen LogP contribution in [-0.4, -0.2) is 79.6 Å². The summed E-state index contributed by atoms with van der Waals surface area (Å²) in [7, 11) is 0. The highest BCUT2D eigenvalue weighted by Gasteiger charge is 2.44. The fraction of sp³-hybridized carbons (Fsp3) is 0.750. The molecule has 1 aliphatic carbocycles. The lowest BCUT2D eigenvalue weighted by molar-refractivity contribution is -0.136. The Labute approximate surface area is 214 Å². The van der Waals surface area contributed by atoms with Crippen molar-refractivity contribution < 1.29 is 24.1 Å². The molecule has 36 heavy (non-hydrogen) atoms. The first-order chi connectivity index (χ1) is 17.5. The van der Waals surface area contributed by atoms with E-state index in [1.165, 1.54) is 31.7 Å². The van der Waals surface area contributed by atoms with Gasteiger partial charge in [0.2, 0.25) is 5.91 Å². The molecule has 1 spiro atoms. The van der Waals surface area contributed by atoms with Gasteiger partial charge in [0, 0.05) is 32.2 Å². The molecule has 2 saturated heterocycles. The Hall–Kier alpha value is -1.58. The maximum Gasteiger partial charge on any atom is 0.227 e. The highest BCUT2D eigenvalue weighted by molar-refractivity contribution is 5.79. The van der Waals surface area contributed by atoms with E-state index in [2.05, 4.69) is 10.6 Å². The third-order valence-corrected chi connectivity index (χ3v) is 8.28. The molecule has 2 heterocycles. The van der Waals surface area contributed by atoms with E-state index in [4.69, 9.17) is 9.84 Å². The summed E-state index contributed by atoms with van der Waals surface area (Å²) in [4.78, 5) is 14.4. The second-order valence-electron chi connectivity index (χ2n) is 11.3. The third kappa shape index (κ3) is 7.71. The zero-order chi connectivity index (χ0) is 25.4. The number of rotatable bonds is 14.